The van der Waals surface area contributed by atoms with E-state index in [1.165, 1.54) is 16.8 Å². The number of piperazine rings is 1. The van der Waals surface area contributed by atoms with Gasteiger partial charge < -0.3 is 19.4 Å². The maximum absolute atomic E-state index is 13.0. The second-order valence-corrected chi connectivity index (χ2v) is 8.57. The lowest BCUT2D eigenvalue weighted by Crippen LogP contribution is -2.49. The Morgan fingerprint density at radius 1 is 0.967 bits per heavy atom. The van der Waals surface area contributed by atoms with Crippen molar-refractivity contribution in [3.63, 3.8) is 0 Å². The van der Waals surface area contributed by atoms with Gasteiger partial charge >= 0.3 is 0 Å². The Morgan fingerprint density at radius 3 is 2.30 bits per heavy atom. The van der Waals surface area contributed by atoms with Gasteiger partial charge in [0.05, 0.1) is 17.8 Å². The molecule has 2 saturated heterocycles. The Labute approximate surface area is 179 Å². The van der Waals surface area contributed by atoms with Crippen molar-refractivity contribution in [3.8, 4) is 0 Å². The number of anilines is 2. The maximum atomic E-state index is 13.0. The summed E-state index contributed by atoms with van der Waals surface area (Å²) in [6.07, 6.45) is 2.09. The highest BCUT2D eigenvalue weighted by Crippen LogP contribution is 2.24. The van der Waals surface area contributed by atoms with Crippen LogP contribution in [0.3, 0.4) is 0 Å². The van der Waals surface area contributed by atoms with E-state index >= 15 is 0 Å². The molecule has 0 radical (unpaired) electrons. The SMILES string of the molecule is Cc1cccc(N2CCN(C(=O)c3ccc(N4CC(C)OC(C)C4)nc3)CC2)c1C. The third kappa shape index (κ3) is 4.29. The summed E-state index contributed by atoms with van der Waals surface area (Å²) in [6, 6.07) is 10.3. The standard InChI is InChI=1S/C24H32N4O2/c1-17-6-5-7-22(20(17)4)26-10-12-27(13-11-26)24(29)21-8-9-23(25-14-21)28-15-18(2)30-19(3)16-28/h5-9,14,18-19H,10-13,15-16H2,1-4H3. The molecule has 3 heterocycles. The van der Waals surface area contributed by atoms with Gasteiger partial charge in [-0.15, -0.1) is 0 Å². The van der Waals surface area contributed by atoms with Crippen LogP contribution in [0.2, 0.25) is 0 Å². The molecule has 160 valence electrons. The van der Waals surface area contributed by atoms with E-state index < -0.39 is 0 Å². The van der Waals surface area contributed by atoms with E-state index in [1.54, 1.807) is 6.20 Å². The number of morpholine rings is 1. The van der Waals surface area contributed by atoms with E-state index in [0.717, 1.165) is 45.1 Å². The molecule has 0 saturated carbocycles. The maximum Gasteiger partial charge on any atom is 0.255 e. The van der Waals surface area contributed by atoms with Crippen LogP contribution in [0.15, 0.2) is 36.5 Å². The van der Waals surface area contributed by atoms with Crippen LogP contribution in [0.1, 0.15) is 35.3 Å². The molecule has 2 aliphatic heterocycles. The molecule has 0 aliphatic carbocycles. The van der Waals surface area contributed by atoms with Crippen molar-refractivity contribution < 1.29 is 9.53 Å². The van der Waals surface area contributed by atoms with E-state index in [0.29, 0.717) is 5.56 Å². The molecule has 0 spiro atoms. The van der Waals surface area contributed by atoms with Gasteiger partial charge in [0, 0.05) is 51.2 Å². The number of ether oxygens (including phenoxy) is 1. The summed E-state index contributed by atoms with van der Waals surface area (Å²) in [5, 5.41) is 0. The average molecular weight is 409 g/mol. The van der Waals surface area contributed by atoms with Crippen LogP contribution in [0.4, 0.5) is 11.5 Å². The number of carbonyl (C=O) groups excluding carboxylic acids is 1. The lowest BCUT2D eigenvalue weighted by Gasteiger charge is -2.37. The summed E-state index contributed by atoms with van der Waals surface area (Å²) in [6.45, 7) is 13.3. The van der Waals surface area contributed by atoms with E-state index in [4.69, 9.17) is 4.74 Å². The zero-order chi connectivity index (χ0) is 21.3. The van der Waals surface area contributed by atoms with E-state index in [9.17, 15) is 4.79 Å². The molecule has 30 heavy (non-hydrogen) atoms. The number of hydrogen-bond donors (Lipinski definition) is 0. The number of benzene rings is 1. The van der Waals surface area contributed by atoms with Gasteiger partial charge in [-0.1, -0.05) is 12.1 Å². The quantitative estimate of drug-likeness (QED) is 0.780. The van der Waals surface area contributed by atoms with E-state index in [2.05, 4.69) is 60.7 Å². The minimum atomic E-state index is 0.0679. The molecule has 2 unspecified atom stereocenters. The predicted octanol–water partition coefficient (Wildman–Crippen LogP) is 3.27. The molecule has 6 nitrogen and oxygen atoms in total. The summed E-state index contributed by atoms with van der Waals surface area (Å²) in [7, 11) is 0. The van der Waals surface area contributed by atoms with E-state index in [1.807, 2.05) is 17.0 Å². The van der Waals surface area contributed by atoms with Crippen LogP contribution < -0.4 is 9.80 Å². The third-order valence-electron chi connectivity index (χ3n) is 6.22. The first-order valence-corrected chi connectivity index (χ1v) is 10.9. The highest BCUT2D eigenvalue weighted by molar-refractivity contribution is 5.94. The second-order valence-electron chi connectivity index (χ2n) is 8.57. The number of pyridine rings is 1. The molecule has 6 heteroatoms. The zero-order valence-corrected chi connectivity index (χ0v) is 18.5. The summed E-state index contributed by atoms with van der Waals surface area (Å²) in [5.74, 6) is 0.978. The van der Waals surface area contributed by atoms with Crippen LogP contribution in [-0.4, -0.2) is 67.3 Å². The number of nitrogens with zero attached hydrogens (tertiary/aromatic N) is 4. The molecule has 2 atom stereocenters. The number of amides is 1. The van der Waals surface area contributed by atoms with Crippen molar-refractivity contribution in [3.05, 3.63) is 53.2 Å². The van der Waals surface area contributed by atoms with Gasteiger partial charge in [0.15, 0.2) is 0 Å². The number of hydrogen-bond acceptors (Lipinski definition) is 5. The monoisotopic (exact) mass is 408 g/mol. The fourth-order valence-corrected chi connectivity index (χ4v) is 4.48. The van der Waals surface area contributed by atoms with Crippen molar-refractivity contribution in [1.29, 1.82) is 0 Å². The molecule has 1 aromatic heterocycles. The molecule has 1 amide bonds. The first kappa shape index (κ1) is 20.7. The molecule has 2 aliphatic rings. The van der Waals surface area contributed by atoms with Gasteiger partial charge in [-0.25, -0.2) is 4.98 Å². The fourth-order valence-electron chi connectivity index (χ4n) is 4.48. The van der Waals surface area contributed by atoms with Gasteiger partial charge in [-0.05, 0) is 57.0 Å². The van der Waals surface area contributed by atoms with Gasteiger partial charge in [0.1, 0.15) is 5.82 Å². The normalized spacial score (nSPS) is 22.3. The summed E-state index contributed by atoms with van der Waals surface area (Å²) in [5.41, 5.74) is 4.57. The molecular weight excluding hydrogens is 376 g/mol. The lowest BCUT2D eigenvalue weighted by atomic mass is 10.1. The summed E-state index contributed by atoms with van der Waals surface area (Å²) < 4.78 is 5.80. The minimum Gasteiger partial charge on any atom is -0.372 e. The highest BCUT2D eigenvalue weighted by Gasteiger charge is 2.25. The highest BCUT2D eigenvalue weighted by atomic mass is 16.5. The number of rotatable bonds is 3. The van der Waals surface area contributed by atoms with Gasteiger partial charge in [0.25, 0.3) is 5.91 Å². The second kappa shape index (κ2) is 8.64. The topological polar surface area (TPSA) is 48.9 Å². The van der Waals surface area contributed by atoms with Crippen molar-refractivity contribution in [1.82, 2.24) is 9.88 Å². The Kier molecular flexibility index (Phi) is 5.95. The van der Waals surface area contributed by atoms with Crippen molar-refractivity contribution in [2.45, 2.75) is 39.9 Å². The molecular formula is C24H32N4O2. The smallest absolute Gasteiger partial charge is 0.255 e. The number of aromatic nitrogens is 1. The Bertz CT molecular complexity index is 881. The molecule has 2 fully saturated rings. The van der Waals surface area contributed by atoms with Gasteiger partial charge in [-0.3, -0.25) is 4.79 Å². The Balaban J connectivity index is 1.38. The van der Waals surface area contributed by atoms with Crippen LogP contribution in [0, 0.1) is 13.8 Å². The first-order chi connectivity index (χ1) is 14.4. The average Bonchev–Trinajstić information content (AvgIpc) is 2.75. The van der Waals surface area contributed by atoms with Crippen molar-refractivity contribution in [2.75, 3.05) is 49.1 Å². The first-order valence-electron chi connectivity index (χ1n) is 10.9. The summed E-state index contributed by atoms with van der Waals surface area (Å²) in [4.78, 5) is 24.1. The zero-order valence-electron chi connectivity index (χ0n) is 18.5. The number of carbonyl (C=O) groups is 1. The lowest BCUT2D eigenvalue weighted by molar-refractivity contribution is -0.00546. The third-order valence-corrected chi connectivity index (χ3v) is 6.22. The molecule has 4 rings (SSSR count). The largest absolute Gasteiger partial charge is 0.372 e. The Hall–Kier alpha value is -2.60. The fraction of sp³-hybridized carbons (Fsp3) is 0.500. The van der Waals surface area contributed by atoms with E-state index in [-0.39, 0.29) is 18.1 Å². The minimum absolute atomic E-state index is 0.0679. The van der Waals surface area contributed by atoms with Crippen molar-refractivity contribution in [2.24, 2.45) is 0 Å². The molecule has 0 bridgehead atoms. The predicted molar refractivity (Wildman–Crippen MR) is 120 cm³/mol. The Morgan fingerprint density at radius 2 is 1.67 bits per heavy atom. The van der Waals surface area contributed by atoms with Crippen molar-refractivity contribution >= 4 is 17.4 Å². The van der Waals surface area contributed by atoms with Crippen LogP contribution in [0.25, 0.3) is 0 Å². The molecule has 0 N–H and O–H groups in total. The molecule has 1 aromatic carbocycles. The van der Waals surface area contributed by atoms with Crippen LogP contribution >= 0.6 is 0 Å². The van der Waals surface area contributed by atoms with Gasteiger partial charge in [-0.2, -0.15) is 0 Å². The van der Waals surface area contributed by atoms with Crippen LogP contribution in [-0.2, 0) is 4.74 Å². The van der Waals surface area contributed by atoms with Crippen LogP contribution in [0.5, 0.6) is 0 Å². The molecule has 2 aromatic rings. The number of aryl methyl sites for hydroxylation is 1. The van der Waals surface area contributed by atoms with Gasteiger partial charge in [0.2, 0.25) is 0 Å². The summed E-state index contributed by atoms with van der Waals surface area (Å²) >= 11 is 0.